The molecular weight excluding hydrogens is 192 g/mol. The molecule has 0 amide bonds. The van der Waals surface area contributed by atoms with E-state index in [-0.39, 0.29) is 6.47 Å². The summed E-state index contributed by atoms with van der Waals surface area (Å²) in [5.74, 6) is -3.21. The molecule has 0 fully saturated rings. The Morgan fingerprint density at radius 1 is 1.29 bits per heavy atom. The lowest BCUT2D eigenvalue weighted by atomic mass is 10.1. The van der Waals surface area contributed by atoms with Crippen molar-refractivity contribution < 1.29 is 29.6 Å². The lowest BCUT2D eigenvalue weighted by molar-refractivity contribution is -0.120. The smallest absolute Gasteiger partial charge is 0.343 e. The molecule has 1 aromatic carbocycles. The quantitative estimate of drug-likeness (QED) is 0.477. The minimum absolute atomic E-state index is 0.0407. The van der Waals surface area contributed by atoms with Crippen LogP contribution in [0.15, 0.2) is 12.1 Å². The largest absolute Gasteiger partial charge is 0.507 e. The van der Waals surface area contributed by atoms with E-state index < -0.39 is 28.8 Å². The van der Waals surface area contributed by atoms with Gasteiger partial charge in [-0.3, -0.25) is 4.79 Å². The summed E-state index contributed by atoms with van der Waals surface area (Å²) >= 11 is 0. The van der Waals surface area contributed by atoms with Crippen molar-refractivity contribution in [3.05, 3.63) is 17.7 Å². The topological polar surface area (TPSA) is 104 Å². The highest BCUT2D eigenvalue weighted by Gasteiger charge is 2.20. The number of carbonyl (C=O) groups excluding carboxylic acids is 1. The van der Waals surface area contributed by atoms with Crippen LogP contribution in [0.2, 0.25) is 0 Å². The molecule has 0 saturated carbocycles. The zero-order valence-electron chi connectivity index (χ0n) is 6.80. The molecular formula is C8H6O6. The second-order valence-corrected chi connectivity index (χ2v) is 2.33. The number of phenolic OH excluding ortho intramolecular Hbond substituents is 1. The summed E-state index contributed by atoms with van der Waals surface area (Å²) in [6.07, 6.45) is 0. The van der Waals surface area contributed by atoms with Crippen molar-refractivity contribution in [3.63, 3.8) is 0 Å². The molecule has 0 aliphatic carbocycles. The van der Waals surface area contributed by atoms with Crippen LogP contribution in [0.5, 0.6) is 17.2 Å². The molecule has 1 aromatic rings. The highest BCUT2D eigenvalue weighted by molar-refractivity contribution is 5.95. The number of ether oxygens (including phenoxy) is 1. The number of aromatic hydroxyl groups is 2. The van der Waals surface area contributed by atoms with Gasteiger partial charge >= 0.3 is 5.97 Å². The van der Waals surface area contributed by atoms with Crippen molar-refractivity contribution in [1.82, 2.24) is 0 Å². The molecule has 74 valence electrons. The third-order valence-corrected chi connectivity index (χ3v) is 1.49. The van der Waals surface area contributed by atoms with E-state index >= 15 is 0 Å². The number of hydrogen-bond acceptors (Lipinski definition) is 5. The van der Waals surface area contributed by atoms with Gasteiger partial charge in [-0.1, -0.05) is 0 Å². The van der Waals surface area contributed by atoms with Crippen LogP contribution in [0.25, 0.3) is 0 Å². The Bertz CT molecular complexity index is 384. The highest BCUT2D eigenvalue weighted by atomic mass is 16.5. The van der Waals surface area contributed by atoms with E-state index in [1.807, 2.05) is 0 Å². The first kappa shape index (κ1) is 9.85. The van der Waals surface area contributed by atoms with Gasteiger partial charge in [-0.05, 0) is 12.1 Å². The minimum atomic E-state index is -1.50. The van der Waals surface area contributed by atoms with Crippen LogP contribution in [0, 0.1) is 0 Å². The Morgan fingerprint density at radius 2 is 1.86 bits per heavy atom. The monoisotopic (exact) mass is 198 g/mol. The van der Waals surface area contributed by atoms with Crippen LogP contribution < -0.4 is 4.74 Å². The third kappa shape index (κ3) is 1.58. The maximum Gasteiger partial charge on any atom is 0.343 e. The van der Waals surface area contributed by atoms with Gasteiger partial charge in [0.05, 0.1) is 0 Å². The predicted molar refractivity (Wildman–Crippen MR) is 43.4 cm³/mol. The summed E-state index contributed by atoms with van der Waals surface area (Å²) in [4.78, 5) is 20.6. The van der Waals surface area contributed by atoms with Crippen LogP contribution in [0.3, 0.4) is 0 Å². The molecule has 1 rings (SSSR count). The van der Waals surface area contributed by atoms with Crippen LogP contribution in [0.1, 0.15) is 10.4 Å². The average Bonchev–Trinajstić information content (AvgIpc) is 2.11. The molecule has 3 N–H and O–H groups in total. The van der Waals surface area contributed by atoms with Crippen LogP contribution in [-0.4, -0.2) is 27.8 Å². The van der Waals surface area contributed by atoms with Crippen molar-refractivity contribution in [2.75, 3.05) is 0 Å². The minimum Gasteiger partial charge on any atom is -0.507 e. The fourth-order valence-corrected chi connectivity index (χ4v) is 0.935. The van der Waals surface area contributed by atoms with Crippen molar-refractivity contribution in [3.8, 4) is 17.2 Å². The normalized spacial score (nSPS) is 9.43. The third-order valence-electron chi connectivity index (χ3n) is 1.49. The van der Waals surface area contributed by atoms with Gasteiger partial charge in [0.15, 0.2) is 11.5 Å². The Morgan fingerprint density at radius 3 is 2.36 bits per heavy atom. The van der Waals surface area contributed by atoms with Crippen LogP contribution in [-0.2, 0) is 4.79 Å². The predicted octanol–water partition coefficient (Wildman–Crippen LogP) is 0.331. The molecule has 0 aliphatic rings. The van der Waals surface area contributed by atoms with Crippen molar-refractivity contribution in [2.24, 2.45) is 0 Å². The van der Waals surface area contributed by atoms with E-state index in [0.717, 1.165) is 12.1 Å². The van der Waals surface area contributed by atoms with E-state index in [1.54, 1.807) is 0 Å². The van der Waals surface area contributed by atoms with Gasteiger partial charge in [0, 0.05) is 0 Å². The fraction of sp³-hybridized carbons (Fsp3) is 0. The number of hydrogen-bond donors (Lipinski definition) is 3. The van der Waals surface area contributed by atoms with Crippen molar-refractivity contribution in [1.29, 1.82) is 0 Å². The molecule has 0 aromatic heterocycles. The molecule has 6 heteroatoms. The molecule has 0 atom stereocenters. The SMILES string of the molecule is O=COc1c(O)ccc(O)c1C(=O)O. The highest BCUT2D eigenvalue weighted by Crippen LogP contribution is 2.35. The molecule has 0 heterocycles. The molecule has 6 nitrogen and oxygen atoms in total. The first-order valence-corrected chi connectivity index (χ1v) is 3.46. The van der Waals surface area contributed by atoms with Crippen LogP contribution in [0.4, 0.5) is 0 Å². The lowest BCUT2D eigenvalue weighted by Gasteiger charge is -2.06. The summed E-state index contributed by atoms with van der Waals surface area (Å²) < 4.78 is 4.24. The summed E-state index contributed by atoms with van der Waals surface area (Å²) in [5.41, 5.74) is -0.655. The van der Waals surface area contributed by atoms with E-state index in [9.17, 15) is 9.59 Å². The molecule has 0 bridgehead atoms. The standard InChI is InChI=1S/C8H6O6/c9-3-14-7-5(11)2-1-4(10)6(7)8(12)13/h1-3,10-11H,(H,12,13). The summed E-state index contributed by atoms with van der Waals surface area (Å²) in [7, 11) is 0. The zero-order chi connectivity index (χ0) is 10.7. The first-order chi connectivity index (χ1) is 6.57. The van der Waals surface area contributed by atoms with Crippen LogP contribution >= 0.6 is 0 Å². The Balaban J connectivity index is 3.40. The average molecular weight is 198 g/mol. The molecule has 0 unspecified atom stereocenters. The number of carbonyl (C=O) groups is 2. The van der Waals surface area contributed by atoms with Gasteiger partial charge in [0.25, 0.3) is 6.47 Å². The number of benzene rings is 1. The van der Waals surface area contributed by atoms with Gasteiger partial charge in [0.1, 0.15) is 11.3 Å². The zero-order valence-corrected chi connectivity index (χ0v) is 6.80. The van der Waals surface area contributed by atoms with Gasteiger partial charge in [-0.2, -0.15) is 0 Å². The lowest BCUT2D eigenvalue weighted by Crippen LogP contribution is -2.02. The van der Waals surface area contributed by atoms with Crippen molar-refractivity contribution in [2.45, 2.75) is 0 Å². The summed E-state index contributed by atoms with van der Waals surface area (Å²) in [5, 5.41) is 26.9. The molecule has 0 saturated heterocycles. The number of phenols is 2. The van der Waals surface area contributed by atoms with E-state index in [0.29, 0.717) is 0 Å². The summed E-state index contributed by atoms with van der Waals surface area (Å²) in [6, 6.07) is 2.00. The van der Waals surface area contributed by atoms with Gasteiger partial charge < -0.3 is 20.1 Å². The molecule has 0 spiro atoms. The number of rotatable bonds is 3. The van der Waals surface area contributed by atoms with E-state index in [2.05, 4.69) is 4.74 Å². The maximum atomic E-state index is 10.6. The summed E-state index contributed by atoms with van der Waals surface area (Å²) in [6.45, 7) is -0.0407. The Hall–Kier alpha value is -2.24. The second kappa shape index (κ2) is 3.65. The van der Waals surface area contributed by atoms with E-state index in [4.69, 9.17) is 15.3 Å². The number of carboxylic acid groups (broad SMARTS) is 1. The van der Waals surface area contributed by atoms with Gasteiger partial charge in [-0.15, -0.1) is 0 Å². The number of aromatic carboxylic acids is 1. The van der Waals surface area contributed by atoms with Gasteiger partial charge in [0.2, 0.25) is 0 Å². The Kier molecular flexibility index (Phi) is 2.57. The fourth-order valence-electron chi connectivity index (χ4n) is 0.935. The molecule has 0 aliphatic heterocycles. The Labute approximate surface area is 78.0 Å². The van der Waals surface area contributed by atoms with Crippen molar-refractivity contribution >= 4 is 12.4 Å². The molecule has 0 radical (unpaired) electrons. The molecule has 14 heavy (non-hydrogen) atoms. The van der Waals surface area contributed by atoms with E-state index in [1.165, 1.54) is 0 Å². The first-order valence-electron chi connectivity index (χ1n) is 3.46. The van der Waals surface area contributed by atoms with Gasteiger partial charge in [-0.25, -0.2) is 4.79 Å². The number of carboxylic acids is 1. The second-order valence-electron chi connectivity index (χ2n) is 2.33. The maximum absolute atomic E-state index is 10.6.